The van der Waals surface area contributed by atoms with Crippen molar-refractivity contribution in [2.75, 3.05) is 25.5 Å². The highest BCUT2D eigenvalue weighted by Crippen LogP contribution is 2.38. The van der Waals surface area contributed by atoms with E-state index < -0.39 is 0 Å². The third-order valence-corrected chi connectivity index (χ3v) is 4.74. The van der Waals surface area contributed by atoms with E-state index in [0.29, 0.717) is 10.9 Å². The van der Waals surface area contributed by atoms with E-state index in [2.05, 4.69) is 67.9 Å². The van der Waals surface area contributed by atoms with Gasteiger partial charge in [-0.15, -0.1) is 0 Å². The maximum Gasteiger partial charge on any atom is 0.0910 e. The Balaban J connectivity index is 2.43. The van der Waals surface area contributed by atoms with Crippen molar-refractivity contribution in [3.63, 3.8) is 0 Å². The molecule has 2 rings (SSSR count). The number of hydrogen-bond acceptors (Lipinski definition) is 2. The molecule has 0 unspecified atom stereocenters. The van der Waals surface area contributed by atoms with Gasteiger partial charge in [0.05, 0.1) is 22.7 Å². The molecule has 4 heteroatoms. The second kappa shape index (κ2) is 8.39. The number of hydrogen-bond donors (Lipinski definition) is 0. The predicted molar refractivity (Wildman–Crippen MR) is 111 cm³/mol. The van der Waals surface area contributed by atoms with Crippen LogP contribution in [-0.4, -0.2) is 31.9 Å². The van der Waals surface area contributed by atoms with Crippen LogP contribution in [0, 0.1) is 6.92 Å². The summed E-state index contributed by atoms with van der Waals surface area (Å²) < 4.78 is 0. The molecule has 0 heterocycles. The maximum atomic E-state index is 6.68. The first-order chi connectivity index (χ1) is 11.8. The van der Waals surface area contributed by atoms with Crippen LogP contribution in [0.3, 0.4) is 0 Å². The summed E-state index contributed by atoms with van der Waals surface area (Å²) in [6, 6.07) is 12.7. The zero-order chi connectivity index (χ0) is 18.6. The number of aliphatic imine (C=N–C) groups is 1. The van der Waals surface area contributed by atoms with Crippen molar-refractivity contribution in [3.8, 4) is 0 Å². The molecule has 0 N–H and O–H groups in total. The van der Waals surface area contributed by atoms with Gasteiger partial charge in [-0.25, -0.2) is 4.99 Å². The Morgan fingerprint density at radius 2 is 1.88 bits per heavy atom. The molecule has 0 aliphatic heterocycles. The maximum absolute atomic E-state index is 6.68. The smallest absolute Gasteiger partial charge is 0.0910 e. The van der Waals surface area contributed by atoms with E-state index in [1.165, 1.54) is 5.56 Å². The number of aryl methyl sites for hydroxylation is 1. The molecule has 2 aromatic rings. The second-order valence-corrected chi connectivity index (χ2v) is 7.12. The average molecular weight is 358 g/mol. The molecular formula is C21H28ClN3. The van der Waals surface area contributed by atoms with Crippen molar-refractivity contribution in [1.29, 1.82) is 0 Å². The lowest BCUT2D eigenvalue weighted by Crippen LogP contribution is -2.14. The van der Waals surface area contributed by atoms with E-state index in [1.54, 1.807) is 0 Å². The molecule has 0 fully saturated rings. The van der Waals surface area contributed by atoms with Crippen LogP contribution in [0.2, 0.25) is 5.02 Å². The van der Waals surface area contributed by atoms with E-state index >= 15 is 0 Å². The number of halogens is 1. The van der Waals surface area contributed by atoms with E-state index in [-0.39, 0.29) is 0 Å². The summed E-state index contributed by atoms with van der Waals surface area (Å²) in [7, 11) is 4.05. The van der Waals surface area contributed by atoms with Gasteiger partial charge in [-0.05, 0) is 55.2 Å². The standard InChI is InChI=1S/C21H28ClN3/c1-7-24(5)14-23-19-11-16(4)12-20(21(19)22)25(6)18-10-8-9-17(13-18)15(2)3/h8-15H,7H2,1-6H3/b23-14-. The molecule has 0 saturated carbocycles. The molecule has 0 aliphatic carbocycles. The zero-order valence-corrected chi connectivity index (χ0v) is 16.8. The Morgan fingerprint density at radius 3 is 2.52 bits per heavy atom. The Kier molecular flexibility index (Phi) is 6.49. The highest BCUT2D eigenvalue weighted by Gasteiger charge is 2.13. The summed E-state index contributed by atoms with van der Waals surface area (Å²) >= 11 is 6.68. The predicted octanol–water partition coefficient (Wildman–Crippen LogP) is 6.15. The van der Waals surface area contributed by atoms with E-state index in [0.717, 1.165) is 29.2 Å². The summed E-state index contributed by atoms with van der Waals surface area (Å²) in [4.78, 5) is 8.71. The van der Waals surface area contributed by atoms with Gasteiger partial charge in [0.2, 0.25) is 0 Å². The van der Waals surface area contributed by atoms with Gasteiger partial charge in [0, 0.05) is 26.3 Å². The summed E-state index contributed by atoms with van der Waals surface area (Å²) in [5.74, 6) is 0.492. The van der Waals surface area contributed by atoms with E-state index in [4.69, 9.17) is 11.6 Å². The van der Waals surface area contributed by atoms with Gasteiger partial charge in [-0.3, -0.25) is 0 Å². The Bertz CT molecular complexity index is 753. The van der Waals surface area contributed by atoms with Crippen LogP contribution < -0.4 is 4.90 Å². The van der Waals surface area contributed by atoms with Gasteiger partial charge in [0.25, 0.3) is 0 Å². The van der Waals surface area contributed by atoms with Crippen LogP contribution in [0.1, 0.15) is 37.8 Å². The molecule has 0 spiro atoms. The number of benzene rings is 2. The normalized spacial score (nSPS) is 11.4. The van der Waals surface area contributed by atoms with Gasteiger partial charge >= 0.3 is 0 Å². The SMILES string of the molecule is CCN(C)/C=N\c1cc(C)cc(N(C)c2cccc(C(C)C)c2)c1Cl. The van der Waals surface area contributed by atoms with Crippen molar-refractivity contribution < 1.29 is 0 Å². The molecule has 0 saturated heterocycles. The van der Waals surface area contributed by atoms with E-state index in [1.807, 2.05) is 31.4 Å². The molecule has 3 nitrogen and oxygen atoms in total. The quantitative estimate of drug-likeness (QED) is 0.456. The minimum Gasteiger partial charge on any atom is -0.366 e. The van der Waals surface area contributed by atoms with Crippen LogP contribution in [0.15, 0.2) is 41.4 Å². The second-order valence-electron chi connectivity index (χ2n) is 6.74. The fourth-order valence-corrected chi connectivity index (χ4v) is 2.83. The van der Waals surface area contributed by atoms with Crippen molar-refractivity contribution >= 4 is 35.0 Å². The van der Waals surface area contributed by atoms with Gasteiger partial charge in [0.1, 0.15) is 0 Å². The molecular weight excluding hydrogens is 330 g/mol. The highest BCUT2D eigenvalue weighted by atomic mass is 35.5. The molecule has 0 bridgehead atoms. The molecule has 2 aromatic carbocycles. The molecule has 134 valence electrons. The summed E-state index contributed by atoms with van der Waals surface area (Å²) in [6.45, 7) is 9.47. The summed E-state index contributed by atoms with van der Waals surface area (Å²) in [6.07, 6.45) is 1.82. The zero-order valence-electron chi connectivity index (χ0n) is 16.0. The minimum atomic E-state index is 0.492. The topological polar surface area (TPSA) is 18.8 Å². The first kappa shape index (κ1) is 19.3. The molecule has 0 atom stereocenters. The van der Waals surface area contributed by atoms with Gasteiger partial charge in [-0.1, -0.05) is 37.6 Å². The van der Waals surface area contributed by atoms with Crippen LogP contribution in [0.4, 0.5) is 17.1 Å². The lowest BCUT2D eigenvalue weighted by Gasteiger charge is -2.23. The first-order valence-electron chi connectivity index (χ1n) is 8.71. The van der Waals surface area contributed by atoms with Gasteiger partial charge < -0.3 is 9.80 Å². The van der Waals surface area contributed by atoms with Crippen molar-refractivity contribution in [2.45, 2.75) is 33.6 Å². The minimum absolute atomic E-state index is 0.492. The summed E-state index contributed by atoms with van der Waals surface area (Å²) in [5.41, 5.74) is 5.34. The Labute approximate surface area is 156 Å². The van der Waals surface area contributed by atoms with Crippen LogP contribution >= 0.6 is 11.6 Å². The lowest BCUT2D eigenvalue weighted by molar-refractivity contribution is 0.552. The lowest BCUT2D eigenvalue weighted by atomic mass is 10.0. The van der Waals surface area contributed by atoms with Crippen molar-refractivity contribution in [2.24, 2.45) is 4.99 Å². The third kappa shape index (κ3) is 4.76. The highest BCUT2D eigenvalue weighted by molar-refractivity contribution is 6.36. The molecule has 0 radical (unpaired) electrons. The Hall–Kier alpha value is -2.00. The molecule has 0 aromatic heterocycles. The van der Waals surface area contributed by atoms with Crippen LogP contribution in [-0.2, 0) is 0 Å². The largest absolute Gasteiger partial charge is 0.366 e. The first-order valence-corrected chi connectivity index (χ1v) is 9.09. The van der Waals surface area contributed by atoms with Crippen molar-refractivity contribution in [1.82, 2.24) is 4.90 Å². The van der Waals surface area contributed by atoms with Gasteiger partial charge in [0.15, 0.2) is 0 Å². The number of nitrogens with zero attached hydrogens (tertiary/aromatic N) is 3. The average Bonchev–Trinajstić information content (AvgIpc) is 2.61. The fraction of sp³-hybridized carbons (Fsp3) is 0.381. The number of anilines is 2. The third-order valence-electron chi connectivity index (χ3n) is 4.36. The fourth-order valence-electron chi connectivity index (χ4n) is 2.54. The monoisotopic (exact) mass is 357 g/mol. The van der Waals surface area contributed by atoms with Crippen LogP contribution in [0.5, 0.6) is 0 Å². The number of rotatable bonds is 6. The van der Waals surface area contributed by atoms with Gasteiger partial charge in [-0.2, -0.15) is 0 Å². The van der Waals surface area contributed by atoms with Crippen LogP contribution in [0.25, 0.3) is 0 Å². The summed E-state index contributed by atoms with van der Waals surface area (Å²) in [5, 5.41) is 0.670. The van der Waals surface area contributed by atoms with Crippen molar-refractivity contribution in [3.05, 3.63) is 52.5 Å². The Morgan fingerprint density at radius 1 is 1.16 bits per heavy atom. The molecule has 0 aliphatic rings. The molecule has 0 amide bonds. The van der Waals surface area contributed by atoms with E-state index in [9.17, 15) is 0 Å². The molecule has 25 heavy (non-hydrogen) atoms.